The zero-order valence-electron chi connectivity index (χ0n) is 16.8. The van der Waals surface area contributed by atoms with E-state index in [1.165, 1.54) is 10.4 Å². The molecule has 0 amide bonds. The molecule has 0 saturated carbocycles. The number of rotatable bonds is 7. The fourth-order valence-electron chi connectivity index (χ4n) is 3.69. The first-order chi connectivity index (χ1) is 13.6. The molecule has 1 fully saturated rings. The van der Waals surface area contributed by atoms with E-state index in [9.17, 15) is 0 Å². The van der Waals surface area contributed by atoms with Gasteiger partial charge >= 0.3 is 0 Å². The second-order valence-electron chi connectivity index (χ2n) is 7.90. The summed E-state index contributed by atoms with van der Waals surface area (Å²) in [6.45, 7) is 10.1. The second kappa shape index (κ2) is 8.45. The molecule has 0 radical (unpaired) electrons. The van der Waals surface area contributed by atoms with Gasteiger partial charge in [-0.05, 0) is 49.6 Å². The van der Waals surface area contributed by atoms with Crippen LogP contribution in [0.4, 0.5) is 0 Å². The Balaban J connectivity index is 1.29. The fraction of sp³-hybridized carbons (Fsp3) is 0.455. The number of nitrogens with zero attached hydrogens (tertiary/aromatic N) is 3. The summed E-state index contributed by atoms with van der Waals surface area (Å²) >= 11 is 1.79. The highest BCUT2D eigenvalue weighted by Gasteiger charge is 2.26. The maximum absolute atomic E-state index is 5.92. The van der Waals surface area contributed by atoms with Gasteiger partial charge in [-0.3, -0.25) is 10.00 Å². The fourth-order valence-corrected chi connectivity index (χ4v) is 4.53. The molecule has 148 valence electrons. The normalized spacial score (nSPS) is 17.5. The quantitative estimate of drug-likeness (QED) is 0.619. The van der Waals surface area contributed by atoms with Gasteiger partial charge in [0, 0.05) is 30.1 Å². The third-order valence-corrected chi connectivity index (χ3v) is 6.23. The number of H-pyrrole nitrogens is 1. The number of hydrogen-bond acceptors (Lipinski definition) is 5. The summed E-state index contributed by atoms with van der Waals surface area (Å²) in [5.74, 6) is 1.92. The van der Waals surface area contributed by atoms with Crippen LogP contribution < -0.4 is 4.74 Å². The van der Waals surface area contributed by atoms with Gasteiger partial charge in [-0.15, -0.1) is 11.3 Å². The lowest BCUT2D eigenvalue weighted by molar-refractivity contribution is 0.301. The Labute approximate surface area is 170 Å². The van der Waals surface area contributed by atoms with Crippen molar-refractivity contribution in [2.24, 2.45) is 0 Å². The largest absolute Gasteiger partial charge is 0.487 e. The molecule has 2 aromatic heterocycles. The highest BCUT2D eigenvalue weighted by Crippen LogP contribution is 2.28. The lowest BCUT2D eigenvalue weighted by atomic mass is 10.0. The third kappa shape index (κ3) is 4.62. The number of benzene rings is 1. The van der Waals surface area contributed by atoms with E-state index < -0.39 is 0 Å². The molecule has 1 aliphatic rings. The first-order valence-corrected chi connectivity index (χ1v) is 10.8. The minimum Gasteiger partial charge on any atom is -0.487 e. The van der Waals surface area contributed by atoms with Crippen LogP contribution in [0.1, 0.15) is 58.9 Å². The molecular formula is C22H28N4OS. The van der Waals surface area contributed by atoms with Crippen molar-refractivity contribution in [3.05, 3.63) is 63.4 Å². The lowest BCUT2D eigenvalue weighted by Gasteiger charge is -2.13. The molecule has 3 heterocycles. The monoisotopic (exact) mass is 396 g/mol. The number of nitrogens with one attached hydrogen (secondary N) is 1. The molecule has 6 heteroatoms. The Morgan fingerprint density at radius 2 is 2.11 bits per heavy atom. The minimum atomic E-state index is 0.490. The van der Waals surface area contributed by atoms with Gasteiger partial charge in [-0.25, -0.2) is 4.98 Å². The molecule has 1 atom stereocenters. The van der Waals surface area contributed by atoms with Crippen LogP contribution in [0, 0.1) is 6.92 Å². The van der Waals surface area contributed by atoms with E-state index in [0.717, 1.165) is 48.2 Å². The number of aromatic amines is 1. The number of likely N-dealkylation sites (tertiary alicyclic amines) is 1. The van der Waals surface area contributed by atoms with E-state index in [1.807, 2.05) is 18.3 Å². The van der Waals surface area contributed by atoms with Crippen molar-refractivity contribution in [3.63, 3.8) is 0 Å². The van der Waals surface area contributed by atoms with Crippen molar-refractivity contribution >= 4 is 11.3 Å². The van der Waals surface area contributed by atoms with E-state index in [0.29, 0.717) is 18.4 Å². The zero-order chi connectivity index (χ0) is 19.5. The molecule has 4 rings (SSSR count). The average molecular weight is 397 g/mol. The van der Waals surface area contributed by atoms with E-state index in [2.05, 4.69) is 59.1 Å². The van der Waals surface area contributed by atoms with Crippen LogP contribution in [-0.4, -0.2) is 33.2 Å². The van der Waals surface area contributed by atoms with Crippen LogP contribution in [-0.2, 0) is 13.2 Å². The maximum atomic E-state index is 5.92. The Bertz CT molecular complexity index is 899. The number of ether oxygens (including phenoxy) is 1. The minimum absolute atomic E-state index is 0.490. The van der Waals surface area contributed by atoms with Crippen molar-refractivity contribution in [2.75, 3.05) is 13.1 Å². The Kier molecular flexibility index (Phi) is 5.78. The van der Waals surface area contributed by atoms with Gasteiger partial charge in [0.05, 0.1) is 16.4 Å². The summed E-state index contributed by atoms with van der Waals surface area (Å²) in [4.78, 5) is 8.20. The highest BCUT2D eigenvalue weighted by atomic mass is 32.1. The van der Waals surface area contributed by atoms with E-state index >= 15 is 0 Å². The molecule has 5 nitrogen and oxygen atoms in total. The van der Waals surface area contributed by atoms with Crippen molar-refractivity contribution < 1.29 is 4.74 Å². The standard InChI is InChI=1S/C22H28N4OS/c1-15(2)17-4-6-20(7-5-17)27-14-19-10-22(25-24-19)18-8-9-26(12-18)13-21-11-23-16(3)28-21/h4-7,10-11,15,18H,8-9,12-14H2,1-3H3,(H,24,25)/t18-/m0/s1. The Morgan fingerprint density at radius 3 is 2.82 bits per heavy atom. The van der Waals surface area contributed by atoms with E-state index in [-0.39, 0.29) is 0 Å². The van der Waals surface area contributed by atoms with Gasteiger partial charge in [0.2, 0.25) is 0 Å². The van der Waals surface area contributed by atoms with Gasteiger partial charge in [-0.1, -0.05) is 26.0 Å². The summed E-state index contributed by atoms with van der Waals surface area (Å²) in [5, 5.41) is 8.84. The van der Waals surface area contributed by atoms with E-state index in [1.54, 1.807) is 11.3 Å². The van der Waals surface area contributed by atoms with E-state index in [4.69, 9.17) is 4.74 Å². The number of aryl methyl sites for hydroxylation is 1. The van der Waals surface area contributed by atoms with Crippen LogP contribution in [0.2, 0.25) is 0 Å². The SMILES string of the molecule is Cc1ncc(CN2CC[C@H](c3cc(COc4ccc(C(C)C)cc4)[nH]n3)C2)s1. The molecule has 1 aromatic carbocycles. The predicted octanol–water partition coefficient (Wildman–Crippen LogP) is 4.87. The van der Waals surface area contributed by atoms with Crippen LogP contribution in [0.3, 0.4) is 0 Å². The average Bonchev–Trinajstić information content (AvgIpc) is 3.42. The van der Waals surface area contributed by atoms with Gasteiger partial charge in [0.25, 0.3) is 0 Å². The molecule has 1 N–H and O–H groups in total. The number of thiazole rings is 1. The first-order valence-electron chi connectivity index (χ1n) is 9.97. The molecule has 0 bridgehead atoms. The molecule has 28 heavy (non-hydrogen) atoms. The smallest absolute Gasteiger partial charge is 0.130 e. The zero-order valence-corrected chi connectivity index (χ0v) is 17.6. The lowest BCUT2D eigenvalue weighted by Crippen LogP contribution is -2.19. The van der Waals surface area contributed by atoms with Crippen LogP contribution >= 0.6 is 11.3 Å². The van der Waals surface area contributed by atoms with Crippen LogP contribution in [0.5, 0.6) is 5.75 Å². The molecular weight excluding hydrogens is 368 g/mol. The summed E-state index contributed by atoms with van der Waals surface area (Å²) in [7, 11) is 0. The molecule has 0 aliphatic carbocycles. The summed E-state index contributed by atoms with van der Waals surface area (Å²) in [6, 6.07) is 10.5. The topological polar surface area (TPSA) is 54.0 Å². The summed E-state index contributed by atoms with van der Waals surface area (Å²) in [6.07, 6.45) is 3.16. The predicted molar refractivity (Wildman–Crippen MR) is 113 cm³/mol. The molecule has 1 saturated heterocycles. The Hall–Kier alpha value is -2.18. The van der Waals surface area contributed by atoms with Gasteiger partial charge in [0.1, 0.15) is 12.4 Å². The highest BCUT2D eigenvalue weighted by molar-refractivity contribution is 7.11. The van der Waals surface area contributed by atoms with Gasteiger partial charge in [-0.2, -0.15) is 5.10 Å². The van der Waals surface area contributed by atoms with Crippen LogP contribution in [0.15, 0.2) is 36.5 Å². The third-order valence-electron chi connectivity index (χ3n) is 5.33. The maximum Gasteiger partial charge on any atom is 0.130 e. The van der Waals surface area contributed by atoms with Crippen LogP contribution in [0.25, 0.3) is 0 Å². The number of aromatic nitrogens is 3. The van der Waals surface area contributed by atoms with Crippen molar-refractivity contribution in [3.8, 4) is 5.75 Å². The summed E-state index contributed by atoms with van der Waals surface area (Å²) in [5.41, 5.74) is 3.51. The van der Waals surface area contributed by atoms with Gasteiger partial charge in [0.15, 0.2) is 0 Å². The molecule has 1 aliphatic heterocycles. The van der Waals surface area contributed by atoms with Gasteiger partial charge < -0.3 is 4.74 Å². The van der Waals surface area contributed by atoms with Crippen molar-refractivity contribution in [2.45, 2.75) is 52.2 Å². The van der Waals surface area contributed by atoms with Crippen molar-refractivity contribution in [1.29, 1.82) is 0 Å². The first kappa shape index (κ1) is 19.2. The Morgan fingerprint density at radius 1 is 1.29 bits per heavy atom. The molecule has 0 unspecified atom stereocenters. The van der Waals surface area contributed by atoms with Crippen molar-refractivity contribution in [1.82, 2.24) is 20.1 Å². The molecule has 3 aromatic rings. The summed E-state index contributed by atoms with van der Waals surface area (Å²) < 4.78 is 5.92. The number of hydrogen-bond donors (Lipinski definition) is 1. The molecule has 0 spiro atoms. The second-order valence-corrected chi connectivity index (χ2v) is 9.22.